The Hall–Kier alpha value is -1.31. The summed E-state index contributed by atoms with van der Waals surface area (Å²) in [5, 5.41) is 4.56. The molecule has 0 spiro atoms. The van der Waals surface area contributed by atoms with Crippen LogP contribution in [0.3, 0.4) is 0 Å². The number of halogens is 1. The van der Waals surface area contributed by atoms with E-state index in [0.29, 0.717) is 18.0 Å². The molecular weight excluding hydrogens is 278 g/mol. The maximum absolute atomic E-state index is 5.94. The second-order valence-corrected chi connectivity index (χ2v) is 6.65. The molecule has 21 heavy (non-hydrogen) atoms. The molecule has 110 valence electrons. The molecule has 0 saturated heterocycles. The fraction of sp³-hybridized carbons (Fsp3) is 0.368. The van der Waals surface area contributed by atoms with Crippen LogP contribution in [0, 0.1) is 6.92 Å². The van der Waals surface area contributed by atoms with Gasteiger partial charge in [-0.25, -0.2) is 0 Å². The lowest BCUT2D eigenvalue weighted by Crippen LogP contribution is -2.41. The zero-order chi connectivity index (χ0) is 14.8. The quantitative estimate of drug-likeness (QED) is 0.813. The smallest absolute Gasteiger partial charge is 0.0406 e. The zero-order valence-electron chi connectivity index (χ0n) is 12.6. The van der Waals surface area contributed by atoms with Gasteiger partial charge < -0.3 is 5.32 Å². The van der Waals surface area contributed by atoms with E-state index in [0.717, 1.165) is 5.02 Å². The fourth-order valence-electron chi connectivity index (χ4n) is 3.07. The highest BCUT2D eigenvalue weighted by molar-refractivity contribution is 6.30. The standard InChI is InChI=1S/C19H22ClN/c1-13-3-5-15(6-4-13)14(2)21-19-11-17(12-19)16-7-9-18(20)10-8-16/h3-10,14,17,19,21H,11-12H2,1-2H3/t14-,17?,19?/m1/s1. The van der Waals surface area contributed by atoms with Crippen LogP contribution in [-0.4, -0.2) is 6.04 Å². The Labute approximate surface area is 132 Å². The molecule has 0 radical (unpaired) electrons. The minimum atomic E-state index is 0.418. The van der Waals surface area contributed by atoms with E-state index in [4.69, 9.17) is 11.6 Å². The highest BCUT2D eigenvalue weighted by Crippen LogP contribution is 2.38. The Morgan fingerprint density at radius 3 is 2.24 bits per heavy atom. The first-order chi connectivity index (χ1) is 10.1. The van der Waals surface area contributed by atoms with Gasteiger partial charge >= 0.3 is 0 Å². The van der Waals surface area contributed by atoms with Crippen LogP contribution in [-0.2, 0) is 0 Å². The average Bonchev–Trinajstić information content (AvgIpc) is 2.44. The van der Waals surface area contributed by atoms with Gasteiger partial charge in [-0.2, -0.15) is 0 Å². The highest BCUT2D eigenvalue weighted by atomic mass is 35.5. The van der Waals surface area contributed by atoms with E-state index < -0.39 is 0 Å². The average molecular weight is 300 g/mol. The van der Waals surface area contributed by atoms with Crippen molar-refractivity contribution in [1.29, 1.82) is 0 Å². The second-order valence-electron chi connectivity index (χ2n) is 6.22. The van der Waals surface area contributed by atoms with Gasteiger partial charge in [0.15, 0.2) is 0 Å². The summed E-state index contributed by atoms with van der Waals surface area (Å²) in [6, 6.07) is 18.2. The molecule has 0 aromatic heterocycles. The monoisotopic (exact) mass is 299 g/mol. The van der Waals surface area contributed by atoms with E-state index in [-0.39, 0.29) is 0 Å². The predicted octanol–water partition coefficient (Wildman–Crippen LogP) is 5.25. The van der Waals surface area contributed by atoms with E-state index >= 15 is 0 Å². The number of hydrogen-bond acceptors (Lipinski definition) is 1. The van der Waals surface area contributed by atoms with Crippen molar-refractivity contribution in [1.82, 2.24) is 5.32 Å². The highest BCUT2D eigenvalue weighted by Gasteiger charge is 2.30. The van der Waals surface area contributed by atoms with Crippen LogP contribution >= 0.6 is 11.6 Å². The molecule has 0 amide bonds. The molecule has 3 rings (SSSR count). The van der Waals surface area contributed by atoms with Gasteiger partial charge in [-0.1, -0.05) is 53.6 Å². The molecule has 1 aliphatic carbocycles. The van der Waals surface area contributed by atoms with Crippen molar-refractivity contribution in [2.75, 3.05) is 0 Å². The van der Waals surface area contributed by atoms with Crippen molar-refractivity contribution in [2.45, 2.75) is 44.7 Å². The third-order valence-electron chi connectivity index (χ3n) is 4.54. The SMILES string of the molecule is Cc1ccc([C@@H](C)NC2CC(c3ccc(Cl)cc3)C2)cc1. The first-order valence-electron chi connectivity index (χ1n) is 7.70. The van der Waals surface area contributed by atoms with Crippen molar-refractivity contribution in [3.8, 4) is 0 Å². The van der Waals surface area contributed by atoms with Crippen LogP contribution in [0.15, 0.2) is 48.5 Å². The maximum Gasteiger partial charge on any atom is 0.0406 e. The summed E-state index contributed by atoms with van der Waals surface area (Å²) in [6.07, 6.45) is 2.44. The Bertz CT molecular complexity index is 582. The van der Waals surface area contributed by atoms with Crippen molar-refractivity contribution >= 4 is 11.6 Å². The van der Waals surface area contributed by atoms with Crippen LogP contribution in [0.5, 0.6) is 0 Å². The molecule has 1 fully saturated rings. The number of aryl methyl sites for hydroxylation is 1. The third-order valence-corrected chi connectivity index (χ3v) is 4.79. The lowest BCUT2D eigenvalue weighted by molar-refractivity contribution is 0.271. The third kappa shape index (κ3) is 3.48. The van der Waals surface area contributed by atoms with Gasteiger partial charge in [0.2, 0.25) is 0 Å². The topological polar surface area (TPSA) is 12.0 Å². The van der Waals surface area contributed by atoms with E-state index in [1.165, 1.54) is 29.5 Å². The van der Waals surface area contributed by atoms with E-state index in [9.17, 15) is 0 Å². The van der Waals surface area contributed by atoms with Crippen LogP contribution in [0.4, 0.5) is 0 Å². The first kappa shape index (κ1) is 14.6. The van der Waals surface area contributed by atoms with E-state index in [1.807, 2.05) is 12.1 Å². The van der Waals surface area contributed by atoms with Crippen LogP contribution in [0.1, 0.15) is 48.4 Å². The van der Waals surface area contributed by atoms with Crippen LogP contribution in [0.25, 0.3) is 0 Å². The molecule has 2 heteroatoms. The van der Waals surface area contributed by atoms with Crippen molar-refractivity contribution in [3.63, 3.8) is 0 Å². The molecule has 2 aromatic carbocycles. The molecule has 0 unspecified atom stereocenters. The summed E-state index contributed by atoms with van der Waals surface area (Å²) >= 11 is 5.94. The summed E-state index contributed by atoms with van der Waals surface area (Å²) in [4.78, 5) is 0. The minimum Gasteiger partial charge on any atom is -0.307 e. The number of benzene rings is 2. The Morgan fingerprint density at radius 2 is 1.62 bits per heavy atom. The van der Waals surface area contributed by atoms with Crippen molar-refractivity contribution in [3.05, 3.63) is 70.2 Å². The summed E-state index contributed by atoms with van der Waals surface area (Å²) < 4.78 is 0. The lowest BCUT2D eigenvalue weighted by Gasteiger charge is -2.38. The Balaban J connectivity index is 1.52. The van der Waals surface area contributed by atoms with Crippen molar-refractivity contribution in [2.24, 2.45) is 0 Å². The molecule has 2 aromatic rings. The van der Waals surface area contributed by atoms with Gasteiger partial charge in [-0.05, 0) is 55.9 Å². The van der Waals surface area contributed by atoms with Gasteiger partial charge in [-0.15, -0.1) is 0 Å². The largest absolute Gasteiger partial charge is 0.307 e. The molecule has 1 N–H and O–H groups in total. The van der Waals surface area contributed by atoms with Gasteiger partial charge in [0.05, 0.1) is 0 Å². The van der Waals surface area contributed by atoms with Crippen molar-refractivity contribution < 1.29 is 0 Å². The molecule has 0 aliphatic heterocycles. The maximum atomic E-state index is 5.94. The Kier molecular flexibility index (Phi) is 4.32. The number of nitrogens with one attached hydrogen (secondary N) is 1. The predicted molar refractivity (Wildman–Crippen MR) is 89.9 cm³/mol. The normalized spacial score (nSPS) is 22.6. The summed E-state index contributed by atoms with van der Waals surface area (Å²) in [5.74, 6) is 0.685. The van der Waals surface area contributed by atoms with Crippen LogP contribution < -0.4 is 5.32 Å². The molecule has 1 atom stereocenters. The summed E-state index contributed by atoms with van der Waals surface area (Å²) in [6.45, 7) is 4.38. The van der Waals surface area contributed by atoms with Crippen LogP contribution in [0.2, 0.25) is 5.02 Å². The number of rotatable bonds is 4. The van der Waals surface area contributed by atoms with Gasteiger partial charge in [0.1, 0.15) is 0 Å². The molecule has 1 nitrogen and oxygen atoms in total. The zero-order valence-corrected chi connectivity index (χ0v) is 13.4. The number of hydrogen-bond donors (Lipinski definition) is 1. The molecule has 1 saturated carbocycles. The fourth-order valence-corrected chi connectivity index (χ4v) is 3.19. The van der Waals surface area contributed by atoms with Gasteiger partial charge in [-0.3, -0.25) is 0 Å². The first-order valence-corrected chi connectivity index (χ1v) is 8.07. The molecule has 0 heterocycles. The summed E-state index contributed by atoms with van der Waals surface area (Å²) in [7, 11) is 0. The molecular formula is C19H22ClN. The van der Waals surface area contributed by atoms with E-state index in [1.54, 1.807) is 0 Å². The lowest BCUT2D eigenvalue weighted by atomic mass is 9.75. The van der Waals surface area contributed by atoms with Gasteiger partial charge in [0, 0.05) is 17.1 Å². The Morgan fingerprint density at radius 1 is 1.00 bits per heavy atom. The van der Waals surface area contributed by atoms with Gasteiger partial charge in [0.25, 0.3) is 0 Å². The molecule has 1 aliphatic rings. The molecule has 0 bridgehead atoms. The van der Waals surface area contributed by atoms with E-state index in [2.05, 4.69) is 55.6 Å². The summed E-state index contributed by atoms with van der Waals surface area (Å²) in [5.41, 5.74) is 4.10. The minimum absolute atomic E-state index is 0.418. The second kappa shape index (κ2) is 6.21.